The number of rotatable bonds is 4. The fourth-order valence-corrected chi connectivity index (χ4v) is 1.24. The number of halogens is 1. The van der Waals surface area contributed by atoms with E-state index in [4.69, 9.17) is 16.3 Å². The van der Waals surface area contributed by atoms with Crippen LogP contribution in [0.5, 0.6) is 5.75 Å². The minimum Gasteiger partial charge on any atom is -0.425 e. The molecule has 4 nitrogen and oxygen atoms in total. The third kappa shape index (κ3) is 3.47. The van der Waals surface area contributed by atoms with Crippen LogP contribution in [-0.2, 0) is 9.59 Å². The van der Waals surface area contributed by atoms with Crippen molar-refractivity contribution >= 4 is 28.6 Å². The second-order valence-electron chi connectivity index (χ2n) is 3.12. The summed E-state index contributed by atoms with van der Waals surface area (Å²) >= 11 is 5.30. The van der Waals surface area contributed by atoms with Gasteiger partial charge in [-0.25, -0.2) is 0 Å². The van der Waals surface area contributed by atoms with E-state index in [0.717, 1.165) is 0 Å². The van der Waals surface area contributed by atoms with E-state index >= 15 is 0 Å². The molecule has 1 rings (SSSR count). The number of carbonyl (C=O) groups excluding carboxylic acids is 3. The molecule has 0 saturated carbocycles. The van der Waals surface area contributed by atoms with E-state index in [1.807, 2.05) is 0 Å². The molecule has 0 bridgehead atoms. The maximum Gasteiger partial charge on any atom is 0.318 e. The third-order valence-electron chi connectivity index (χ3n) is 1.72. The first-order chi connectivity index (χ1) is 7.50. The Hall–Kier alpha value is -1.68. The summed E-state index contributed by atoms with van der Waals surface area (Å²) in [6.07, 6.45) is -0.329. The van der Waals surface area contributed by atoms with Gasteiger partial charge in [0.2, 0.25) is 0 Å². The van der Waals surface area contributed by atoms with E-state index < -0.39 is 11.2 Å². The minimum atomic E-state index is -0.716. The van der Waals surface area contributed by atoms with Crippen LogP contribution in [0.15, 0.2) is 24.3 Å². The number of ether oxygens (including phenoxy) is 1. The summed E-state index contributed by atoms with van der Waals surface area (Å²) in [4.78, 5) is 32.8. The van der Waals surface area contributed by atoms with Gasteiger partial charge in [-0.2, -0.15) is 0 Å². The maximum atomic E-state index is 11.2. The van der Waals surface area contributed by atoms with Gasteiger partial charge in [0, 0.05) is 0 Å². The fraction of sp³-hybridized carbons (Fsp3) is 0.182. The van der Waals surface area contributed by atoms with E-state index in [1.165, 1.54) is 19.1 Å². The van der Waals surface area contributed by atoms with Crippen LogP contribution in [0.4, 0.5) is 0 Å². The number of carbonyl (C=O) groups is 3. The normalized spacial score (nSPS) is 9.62. The average molecular weight is 241 g/mol. The van der Waals surface area contributed by atoms with Crippen molar-refractivity contribution < 1.29 is 19.1 Å². The Kier molecular flexibility index (Phi) is 4.19. The lowest BCUT2D eigenvalue weighted by molar-refractivity contribution is -0.137. The predicted molar refractivity (Wildman–Crippen MR) is 57.6 cm³/mol. The number of para-hydroxylation sites is 1. The molecule has 1 aromatic rings. The SMILES string of the molecule is CC(=O)CC(=O)Oc1ccccc1C(=O)Cl. The molecule has 0 radical (unpaired) electrons. The van der Waals surface area contributed by atoms with Gasteiger partial charge in [0.1, 0.15) is 18.0 Å². The molecular formula is C11H9ClO4. The van der Waals surface area contributed by atoms with Crippen molar-refractivity contribution in [3.63, 3.8) is 0 Å². The molecule has 1 aromatic carbocycles. The van der Waals surface area contributed by atoms with E-state index in [1.54, 1.807) is 12.1 Å². The first-order valence-electron chi connectivity index (χ1n) is 4.49. The summed E-state index contributed by atoms with van der Waals surface area (Å²) in [5.41, 5.74) is 0.0982. The van der Waals surface area contributed by atoms with Crippen molar-refractivity contribution in [2.75, 3.05) is 0 Å². The topological polar surface area (TPSA) is 60.4 Å². The van der Waals surface area contributed by atoms with Crippen LogP contribution in [-0.4, -0.2) is 17.0 Å². The second kappa shape index (κ2) is 5.42. The Bertz CT molecular complexity index is 439. The zero-order valence-corrected chi connectivity index (χ0v) is 9.28. The maximum absolute atomic E-state index is 11.2. The Morgan fingerprint density at radius 3 is 2.44 bits per heavy atom. The summed E-state index contributed by atoms with van der Waals surface area (Å²) in [6.45, 7) is 1.28. The lowest BCUT2D eigenvalue weighted by atomic mass is 10.2. The Labute approximate surface area is 97.2 Å². The molecule has 0 aliphatic heterocycles. The molecule has 0 N–H and O–H groups in total. The number of hydrogen-bond acceptors (Lipinski definition) is 4. The van der Waals surface area contributed by atoms with Crippen molar-refractivity contribution in [3.8, 4) is 5.75 Å². The minimum absolute atomic E-state index is 0.0637. The molecule has 0 aliphatic carbocycles. The molecule has 84 valence electrons. The van der Waals surface area contributed by atoms with Crippen molar-refractivity contribution in [2.24, 2.45) is 0 Å². The van der Waals surface area contributed by atoms with Gasteiger partial charge in [0.25, 0.3) is 5.24 Å². The highest BCUT2D eigenvalue weighted by molar-refractivity contribution is 6.68. The lowest BCUT2D eigenvalue weighted by Crippen LogP contribution is -2.13. The molecule has 0 aliphatic rings. The monoisotopic (exact) mass is 240 g/mol. The third-order valence-corrected chi connectivity index (χ3v) is 1.92. The average Bonchev–Trinajstić information content (AvgIpc) is 2.16. The standard InChI is InChI=1S/C11H9ClO4/c1-7(13)6-10(14)16-9-5-3-2-4-8(9)11(12)15/h2-5H,6H2,1H3. The first-order valence-corrected chi connectivity index (χ1v) is 4.87. The van der Waals surface area contributed by atoms with Gasteiger partial charge in [0.15, 0.2) is 0 Å². The lowest BCUT2D eigenvalue weighted by Gasteiger charge is -2.05. The summed E-state index contributed by atoms with van der Waals surface area (Å²) in [7, 11) is 0. The molecule has 0 fully saturated rings. The van der Waals surface area contributed by atoms with Crippen molar-refractivity contribution in [1.29, 1.82) is 0 Å². The van der Waals surface area contributed by atoms with E-state index in [-0.39, 0.29) is 23.5 Å². The molecule has 5 heteroatoms. The molecule has 0 spiro atoms. The summed E-state index contributed by atoms with van der Waals surface area (Å²) in [5.74, 6) is -0.953. The molecule has 16 heavy (non-hydrogen) atoms. The van der Waals surface area contributed by atoms with Gasteiger partial charge in [-0.15, -0.1) is 0 Å². The van der Waals surface area contributed by atoms with E-state index in [0.29, 0.717) is 0 Å². The number of ketones is 1. The summed E-state index contributed by atoms with van der Waals surface area (Å²) in [5, 5.41) is -0.716. The van der Waals surface area contributed by atoms with Gasteiger partial charge >= 0.3 is 5.97 Å². The van der Waals surface area contributed by atoms with Crippen LogP contribution in [0.1, 0.15) is 23.7 Å². The second-order valence-corrected chi connectivity index (χ2v) is 3.47. The van der Waals surface area contributed by atoms with Gasteiger partial charge in [-0.05, 0) is 30.7 Å². The highest BCUT2D eigenvalue weighted by Crippen LogP contribution is 2.20. The predicted octanol–water partition coefficient (Wildman–Crippen LogP) is 1.95. The molecular weight excluding hydrogens is 232 g/mol. The molecule has 0 amide bonds. The molecule has 0 saturated heterocycles. The van der Waals surface area contributed by atoms with Gasteiger partial charge in [0.05, 0.1) is 5.56 Å². The molecule has 0 atom stereocenters. The van der Waals surface area contributed by atoms with Crippen molar-refractivity contribution in [2.45, 2.75) is 13.3 Å². The Morgan fingerprint density at radius 2 is 1.88 bits per heavy atom. The fourth-order valence-electron chi connectivity index (χ4n) is 1.08. The zero-order valence-electron chi connectivity index (χ0n) is 8.53. The van der Waals surface area contributed by atoms with Crippen LogP contribution in [0.25, 0.3) is 0 Å². The summed E-state index contributed by atoms with van der Waals surface area (Å²) < 4.78 is 4.85. The van der Waals surface area contributed by atoms with E-state index in [2.05, 4.69) is 0 Å². The number of benzene rings is 1. The Balaban J connectivity index is 2.84. The van der Waals surface area contributed by atoms with Crippen LogP contribution in [0.2, 0.25) is 0 Å². The molecule has 0 unspecified atom stereocenters. The smallest absolute Gasteiger partial charge is 0.318 e. The Morgan fingerprint density at radius 1 is 1.25 bits per heavy atom. The molecule has 0 aromatic heterocycles. The van der Waals surface area contributed by atoms with Crippen LogP contribution in [0, 0.1) is 0 Å². The molecule has 0 heterocycles. The van der Waals surface area contributed by atoms with Crippen LogP contribution >= 0.6 is 11.6 Å². The van der Waals surface area contributed by atoms with Gasteiger partial charge in [-0.1, -0.05) is 12.1 Å². The summed E-state index contributed by atoms with van der Waals surface area (Å²) in [6, 6.07) is 6.07. The van der Waals surface area contributed by atoms with Crippen LogP contribution in [0.3, 0.4) is 0 Å². The van der Waals surface area contributed by atoms with Crippen molar-refractivity contribution in [1.82, 2.24) is 0 Å². The van der Waals surface area contributed by atoms with E-state index in [9.17, 15) is 14.4 Å². The van der Waals surface area contributed by atoms with Crippen molar-refractivity contribution in [3.05, 3.63) is 29.8 Å². The van der Waals surface area contributed by atoms with Gasteiger partial charge < -0.3 is 4.74 Å². The first kappa shape index (κ1) is 12.4. The zero-order chi connectivity index (χ0) is 12.1. The van der Waals surface area contributed by atoms with Gasteiger partial charge in [-0.3, -0.25) is 14.4 Å². The highest BCUT2D eigenvalue weighted by atomic mass is 35.5. The van der Waals surface area contributed by atoms with Crippen LogP contribution < -0.4 is 4.74 Å². The quantitative estimate of drug-likeness (QED) is 0.349. The largest absolute Gasteiger partial charge is 0.425 e. The number of Topliss-reactive ketones (excluding diaryl/α,β-unsaturated/α-hetero) is 1. The number of esters is 1. The number of hydrogen-bond donors (Lipinski definition) is 0. The highest BCUT2D eigenvalue weighted by Gasteiger charge is 2.13.